The standard InChI is InChI=1S/C20H25N/c1-3-16-10-11-17(4-2)20-13-18(12-19(16)20)21-14-15-8-6-5-7-9-15/h5-11,18,21H,3-4,12-14H2,1-2H3. The fraction of sp³-hybridized carbons (Fsp3) is 0.400. The van der Waals surface area contributed by atoms with Crippen LogP contribution in [0, 0.1) is 0 Å². The summed E-state index contributed by atoms with van der Waals surface area (Å²) in [7, 11) is 0. The van der Waals surface area contributed by atoms with E-state index in [-0.39, 0.29) is 0 Å². The molecule has 2 aromatic carbocycles. The van der Waals surface area contributed by atoms with Crippen LogP contribution in [0.25, 0.3) is 0 Å². The van der Waals surface area contributed by atoms with Gasteiger partial charge in [0.05, 0.1) is 0 Å². The molecule has 110 valence electrons. The summed E-state index contributed by atoms with van der Waals surface area (Å²) in [4.78, 5) is 0. The number of fused-ring (bicyclic) bond motifs is 1. The van der Waals surface area contributed by atoms with E-state index >= 15 is 0 Å². The van der Waals surface area contributed by atoms with Crippen LogP contribution in [0.1, 0.15) is 41.7 Å². The lowest BCUT2D eigenvalue weighted by molar-refractivity contribution is 0.532. The molecule has 0 saturated carbocycles. The third-order valence-electron chi connectivity index (χ3n) is 4.73. The molecule has 1 aliphatic carbocycles. The molecule has 0 fully saturated rings. The smallest absolute Gasteiger partial charge is 0.0208 e. The van der Waals surface area contributed by atoms with E-state index in [0.29, 0.717) is 6.04 Å². The van der Waals surface area contributed by atoms with Crippen LogP contribution in [-0.4, -0.2) is 6.04 Å². The summed E-state index contributed by atoms with van der Waals surface area (Å²) in [5, 5.41) is 3.75. The SMILES string of the molecule is CCc1ccc(CC)c2c1CC(NCc1ccccc1)C2. The molecule has 0 aromatic heterocycles. The van der Waals surface area contributed by atoms with Crippen LogP contribution in [0.5, 0.6) is 0 Å². The third kappa shape index (κ3) is 3.03. The zero-order chi connectivity index (χ0) is 14.7. The van der Waals surface area contributed by atoms with Crippen LogP contribution < -0.4 is 5.32 Å². The number of hydrogen-bond acceptors (Lipinski definition) is 1. The minimum absolute atomic E-state index is 0.596. The predicted octanol–water partition coefficient (Wildman–Crippen LogP) is 4.07. The van der Waals surface area contributed by atoms with Crippen molar-refractivity contribution < 1.29 is 0 Å². The van der Waals surface area contributed by atoms with Gasteiger partial charge in [0.15, 0.2) is 0 Å². The Hall–Kier alpha value is -1.60. The molecule has 0 amide bonds. The van der Waals surface area contributed by atoms with Gasteiger partial charge in [-0.2, -0.15) is 0 Å². The fourth-order valence-electron chi connectivity index (χ4n) is 3.53. The van der Waals surface area contributed by atoms with Gasteiger partial charge < -0.3 is 5.32 Å². The normalized spacial score (nSPS) is 14.4. The molecule has 1 aliphatic rings. The minimum Gasteiger partial charge on any atom is -0.309 e. The predicted molar refractivity (Wildman–Crippen MR) is 89.7 cm³/mol. The van der Waals surface area contributed by atoms with Gasteiger partial charge in [-0.1, -0.05) is 56.3 Å². The average molecular weight is 279 g/mol. The second-order valence-corrected chi connectivity index (χ2v) is 6.02. The van der Waals surface area contributed by atoms with Crippen LogP contribution in [-0.2, 0) is 32.2 Å². The van der Waals surface area contributed by atoms with Crippen LogP contribution in [0.3, 0.4) is 0 Å². The number of hydrogen-bond donors (Lipinski definition) is 1. The monoisotopic (exact) mass is 279 g/mol. The van der Waals surface area contributed by atoms with E-state index in [2.05, 4.69) is 61.6 Å². The van der Waals surface area contributed by atoms with Crippen LogP contribution in [0.4, 0.5) is 0 Å². The van der Waals surface area contributed by atoms with Crippen LogP contribution in [0.2, 0.25) is 0 Å². The van der Waals surface area contributed by atoms with E-state index in [0.717, 1.165) is 19.4 Å². The van der Waals surface area contributed by atoms with E-state index in [1.54, 1.807) is 22.3 Å². The molecule has 0 heterocycles. The fourth-order valence-corrected chi connectivity index (χ4v) is 3.53. The Morgan fingerprint density at radius 3 is 1.95 bits per heavy atom. The maximum Gasteiger partial charge on any atom is 0.0208 e. The first-order valence-electron chi connectivity index (χ1n) is 8.21. The second-order valence-electron chi connectivity index (χ2n) is 6.02. The molecule has 0 bridgehead atoms. The molecule has 3 rings (SSSR count). The van der Waals surface area contributed by atoms with Crippen molar-refractivity contribution in [3.8, 4) is 0 Å². The highest BCUT2D eigenvalue weighted by molar-refractivity contribution is 5.45. The van der Waals surface area contributed by atoms with Crippen molar-refractivity contribution in [1.29, 1.82) is 0 Å². The molecule has 0 unspecified atom stereocenters. The topological polar surface area (TPSA) is 12.0 Å². The highest BCUT2D eigenvalue weighted by Gasteiger charge is 2.24. The van der Waals surface area contributed by atoms with E-state index in [1.165, 1.54) is 18.4 Å². The zero-order valence-corrected chi connectivity index (χ0v) is 13.2. The highest BCUT2D eigenvalue weighted by atomic mass is 14.9. The molecular weight excluding hydrogens is 254 g/mol. The largest absolute Gasteiger partial charge is 0.309 e. The van der Waals surface area contributed by atoms with Crippen molar-refractivity contribution in [2.75, 3.05) is 0 Å². The summed E-state index contributed by atoms with van der Waals surface area (Å²) >= 11 is 0. The van der Waals surface area contributed by atoms with E-state index in [4.69, 9.17) is 0 Å². The molecule has 0 saturated heterocycles. The lowest BCUT2D eigenvalue weighted by Crippen LogP contribution is -2.29. The first-order valence-corrected chi connectivity index (χ1v) is 8.21. The van der Waals surface area contributed by atoms with Crippen molar-refractivity contribution in [2.24, 2.45) is 0 Å². The van der Waals surface area contributed by atoms with Gasteiger partial charge in [-0.3, -0.25) is 0 Å². The van der Waals surface area contributed by atoms with E-state index in [1.807, 2.05) is 0 Å². The van der Waals surface area contributed by atoms with Crippen LogP contribution >= 0.6 is 0 Å². The van der Waals surface area contributed by atoms with E-state index < -0.39 is 0 Å². The van der Waals surface area contributed by atoms with Gasteiger partial charge in [-0.15, -0.1) is 0 Å². The Morgan fingerprint density at radius 1 is 0.857 bits per heavy atom. The van der Waals surface area contributed by atoms with Gasteiger partial charge in [0, 0.05) is 12.6 Å². The molecule has 0 atom stereocenters. The molecule has 21 heavy (non-hydrogen) atoms. The second kappa shape index (κ2) is 6.44. The molecular formula is C20H25N. The Balaban J connectivity index is 1.72. The Morgan fingerprint density at radius 2 is 1.43 bits per heavy atom. The van der Waals surface area contributed by atoms with Gasteiger partial charge in [0.25, 0.3) is 0 Å². The van der Waals surface area contributed by atoms with Gasteiger partial charge in [-0.05, 0) is 53.5 Å². The summed E-state index contributed by atoms with van der Waals surface area (Å²) < 4.78 is 0. The Kier molecular flexibility index (Phi) is 4.40. The molecule has 2 aromatic rings. The maximum atomic E-state index is 3.75. The molecule has 0 aliphatic heterocycles. The Labute approximate surface area is 128 Å². The molecule has 1 N–H and O–H groups in total. The van der Waals surface area contributed by atoms with Gasteiger partial charge >= 0.3 is 0 Å². The van der Waals surface area contributed by atoms with Crippen LogP contribution in [0.15, 0.2) is 42.5 Å². The summed E-state index contributed by atoms with van der Waals surface area (Å²) in [6.07, 6.45) is 4.69. The lowest BCUT2D eigenvalue weighted by atomic mass is 9.96. The van der Waals surface area contributed by atoms with Gasteiger partial charge in [0.2, 0.25) is 0 Å². The van der Waals surface area contributed by atoms with E-state index in [9.17, 15) is 0 Å². The third-order valence-corrected chi connectivity index (χ3v) is 4.73. The number of benzene rings is 2. The molecule has 1 heteroatoms. The van der Waals surface area contributed by atoms with Crippen molar-refractivity contribution in [1.82, 2.24) is 5.32 Å². The summed E-state index contributed by atoms with van der Waals surface area (Å²) in [6, 6.07) is 16.0. The number of rotatable bonds is 5. The maximum absolute atomic E-state index is 3.75. The summed E-state index contributed by atoms with van der Waals surface area (Å²) in [5.74, 6) is 0. The van der Waals surface area contributed by atoms with Gasteiger partial charge in [-0.25, -0.2) is 0 Å². The summed E-state index contributed by atoms with van der Waals surface area (Å²) in [5.41, 5.74) is 7.72. The zero-order valence-electron chi connectivity index (χ0n) is 13.2. The Bertz CT molecular complexity index is 568. The van der Waals surface area contributed by atoms with Crippen molar-refractivity contribution >= 4 is 0 Å². The van der Waals surface area contributed by atoms with Crippen molar-refractivity contribution in [2.45, 2.75) is 52.1 Å². The number of nitrogens with one attached hydrogen (secondary N) is 1. The molecule has 1 nitrogen and oxygen atoms in total. The minimum atomic E-state index is 0.596. The number of aryl methyl sites for hydroxylation is 2. The first kappa shape index (κ1) is 14.3. The summed E-state index contributed by atoms with van der Waals surface area (Å²) in [6.45, 7) is 5.51. The van der Waals surface area contributed by atoms with Gasteiger partial charge in [0.1, 0.15) is 0 Å². The average Bonchev–Trinajstić information content (AvgIpc) is 2.97. The first-order chi connectivity index (χ1) is 10.3. The quantitative estimate of drug-likeness (QED) is 0.870. The molecule has 0 radical (unpaired) electrons. The lowest BCUT2D eigenvalue weighted by Gasteiger charge is -2.12. The molecule has 0 spiro atoms. The van der Waals surface area contributed by atoms with Crippen molar-refractivity contribution in [3.05, 3.63) is 70.3 Å². The highest BCUT2D eigenvalue weighted by Crippen LogP contribution is 2.30. The van der Waals surface area contributed by atoms with Crippen molar-refractivity contribution in [3.63, 3.8) is 0 Å².